The van der Waals surface area contributed by atoms with Crippen LogP contribution in [0.25, 0.3) is 0 Å². The van der Waals surface area contributed by atoms with Gasteiger partial charge < -0.3 is 29.7 Å². The number of carbonyl (C=O) groups excluding carboxylic acids is 1. The standard InChI is InChI=1S/C23H37N5O4/c1-23(2,3)32-22(29)28-10-8-27(9-11-28)21(24)25-18-19-6-4-5-7-20(19)31-17-14-26-12-15-30-16-13-26/h4-7H,8-18H2,1-3H3,(H2,24,25). The van der Waals surface area contributed by atoms with E-state index in [4.69, 9.17) is 19.9 Å². The van der Waals surface area contributed by atoms with Gasteiger partial charge in [-0.25, -0.2) is 9.79 Å². The summed E-state index contributed by atoms with van der Waals surface area (Å²) in [5.74, 6) is 1.32. The van der Waals surface area contributed by atoms with Gasteiger partial charge in [0, 0.05) is 51.4 Å². The highest BCUT2D eigenvalue weighted by molar-refractivity contribution is 5.78. The van der Waals surface area contributed by atoms with Crippen LogP contribution in [0.3, 0.4) is 0 Å². The van der Waals surface area contributed by atoms with Crippen molar-refractivity contribution in [2.75, 3.05) is 65.6 Å². The van der Waals surface area contributed by atoms with Crippen molar-refractivity contribution in [2.24, 2.45) is 10.7 Å². The smallest absolute Gasteiger partial charge is 0.410 e. The molecule has 178 valence electrons. The maximum absolute atomic E-state index is 12.2. The second kappa shape index (κ2) is 11.4. The molecule has 0 spiro atoms. The van der Waals surface area contributed by atoms with Gasteiger partial charge in [-0.3, -0.25) is 4.90 Å². The number of benzene rings is 1. The summed E-state index contributed by atoms with van der Waals surface area (Å²) in [6.45, 7) is 13.4. The number of aliphatic imine (C=N–C) groups is 1. The van der Waals surface area contributed by atoms with Crippen molar-refractivity contribution >= 4 is 12.1 Å². The normalized spacial score (nSPS) is 18.5. The van der Waals surface area contributed by atoms with Gasteiger partial charge in [-0.1, -0.05) is 18.2 Å². The van der Waals surface area contributed by atoms with Crippen LogP contribution in [0.5, 0.6) is 5.75 Å². The first-order valence-electron chi connectivity index (χ1n) is 11.4. The number of hydrogen-bond donors (Lipinski definition) is 1. The second-order valence-electron chi connectivity index (χ2n) is 9.04. The number of ether oxygens (including phenoxy) is 3. The van der Waals surface area contributed by atoms with E-state index in [-0.39, 0.29) is 6.09 Å². The number of morpholine rings is 1. The first kappa shape index (κ1) is 24.1. The molecule has 2 N–H and O–H groups in total. The molecule has 9 nitrogen and oxygen atoms in total. The fraction of sp³-hybridized carbons (Fsp3) is 0.652. The van der Waals surface area contributed by atoms with Crippen LogP contribution in [0.2, 0.25) is 0 Å². The third kappa shape index (κ3) is 7.56. The van der Waals surface area contributed by atoms with Crippen LogP contribution in [0.15, 0.2) is 29.3 Å². The Kier molecular flexibility index (Phi) is 8.58. The monoisotopic (exact) mass is 447 g/mol. The molecule has 0 atom stereocenters. The number of guanidine groups is 1. The maximum atomic E-state index is 12.2. The molecule has 0 unspecified atom stereocenters. The Morgan fingerprint density at radius 1 is 1.06 bits per heavy atom. The fourth-order valence-corrected chi connectivity index (χ4v) is 3.60. The first-order valence-corrected chi connectivity index (χ1v) is 11.4. The third-order valence-corrected chi connectivity index (χ3v) is 5.41. The maximum Gasteiger partial charge on any atom is 0.410 e. The fourth-order valence-electron chi connectivity index (χ4n) is 3.60. The Morgan fingerprint density at radius 3 is 2.41 bits per heavy atom. The SMILES string of the molecule is CC(C)(C)OC(=O)N1CCN(C(N)=NCc2ccccc2OCCN2CCOCC2)CC1. The molecule has 0 radical (unpaired) electrons. The predicted octanol–water partition coefficient (Wildman–Crippen LogP) is 1.77. The van der Waals surface area contributed by atoms with Crippen LogP contribution in [-0.2, 0) is 16.0 Å². The molecule has 2 heterocycles. The molecule has 1 aromatic rings. The summed E-state index contributed by atoms with van der Waals surface area (Å²) in [5.41, 5.74) is 6.76. The number of piperazine rings is 1. The molecule has 1 aromatic carbocycles. The summed E-state index contributed by atoms with van der Waals surface area (Å²) in [7, 11) is 0. The van der Waals surface area contributed by atoms with E-state index in [0.29, 0.717) is 45.3 Å². The predicted molar refractivity (Wildman–Crippen MR) is 124 cm³/mol. The Hall–Kier alpha value is -2.52. The summed E-state index contributed by atoms with van der Waals surface area (Å²) in [6.07, 6.45) is -0.282. The Morgan fingerprint density at radius 2 is 1.72 bits per heavy atom. The van der Waals surface area contributed by atoms with Gasteiger partial charge in [0.25, 0.3) is 0 Å². The zero-order valence-electron chi connectivity index (χ0n) is 19.6. The molecule has 2 fully saturated rings. The molecule has 0 aromatic heterocycles. The quantitative estimate of drug-likeness (QED) is 0.525. The van der Waals surface area contributed by atoms with E-state index in [1.807, 2.05) is 49.9 Å². The average molecular weight is 448 g/mol. The zero-order chi connectivity index (χ0) is 23.0. The Labute approximate surface area is 191 Å². The molecular weight excluding hydrogens is 410 g/mol. The summed E-state index contributed by atoms with van der Waals surface area (Å²) in [6, 6.07) is 7.94. The van der Waals surface area contributed by atoms with Crippen molar-refractivity contribution < 1.29 is 19.0 Å². The lowest BCUT2D eigenvalue weighted by Crippen LogP contribution is -2.53. The van der Waals surface area contributed by atoms with E-state index in [2.05, 4.69) is 9.89 Å². The van der Waals surface area contributed by atoms with E-state index >= 15 is 0 Å². The highest BCUT2D eigenvalue weighted by Gasteiger charge is 2.26. The first-order chi connectivity index (χ1) is 15.3. The van der Waals surface area contributed by atoms with E-state index in [1.54, 1.807) is 4.90 Å². The molecule has 1 amide bonds. The van der Waals surface area contributed by atoms with Crippen LogP contribution in [0.1, 0.15) is 26.3 Å². The highest BCUT2D eigenvalue weighted by atomic mass is 16.6. The second-order valence-corrected chi connectivity index (χ2v) is 9.04. The van der Waals surface area contributed by atoms with Gasteiger partial charge in [0.2, 0.25) is 0 Å². The molecule has 0 bridgehead atoms. The van der Waals surface area contributed by atoms with Crippen molar-refractivity contribution in [3.63, 3.8) is 0 Å². The summed E-state index contributed by atoms with van der Waals surface area (Å²) < 4.78 is 16.9. The highest BCUT2D eigenvalue weighted by Crippen LogP contribution is 2.19. The van der Waals surface area contributed by atoms with Gasteiger partial charge in [-0.2, -0.15) is 0 Å². The van der Waals surface area contributed by atoms with Crippen molar-refractivity contribution in [3.05, 3.63) is 29.8 Å². The Balaban J connectivity index is 1.47. The van der Waals surface area contributed by atoms with Crippen LogP contribution < -0.4 is 10.5 Å². The number of nitrogens with zero attached hydrogens (tertiary/aromatic N) is 4. The zero-order valence-corrected chi connectivity index (χ0v) is 19.6. The number of rotatable bonds is 6. The molecule has 0 aliphatic carbocycles. The van der Waals surface area contributed by atoms with E-state index < -0.39 is 5.60 Å². The van der Waals surface area contributed by atoms with Gasteiger partial charge in [0.1, 0.15) is 18.0 Å². The molecule has 0 saturated carbocycles. The molecule has 32 heavy (non-hydrogen) atoms. The lowest BCUT2D eigenvalue weighted by Gasteiger charge is -2.36. The van der Waals surface area contributed by atoms with E-state index in [1.165, 1.54) is 0 Å². The van der Waals surface area contributed by atoms with Crippen LogP contribution in [0, 0.1) is 0 Å². The van der Waals surface area contributed by atoms with Gasteiger partial charge in [0.15, 0.2) is 5.96 Å². The minimum atomic E-state index is -0.494. The number of hydrogen-bond acceptors (Lipinski definition) is 6. The van der Waals surface area contributed by atoms with E-state index in [9.17, 15) is 4.79 Å². The minimum Gasteiger partial charge on any atom is -0.492 e. The van der Waals surface area contributed by atoms with Gasteiger partial charge in [-0.05, 0) is 26.8 Å². The van der Waals surface area contributed by atoms with Crippen molar-refractivity contribution in [3.8, 4) is 5.75 Å². The van der Waals surface area contributed by atoms with Crippen LogP contribution in [-0.4, -0.2) is 98.0 Å². The molecule has 9 heteroatoms. The van der Waals surface area contributed by atoms with Crippen LogP contribution >= 0.6 is 0 Å². The summed E-state index contributed by atoms with van der Waals surface area (Å²) >= 11 is 0. The number of nitrogens with two attached hydrogens (primary N) is 1. The van der Waals surface area contributed by atoms with E-state index in [0.717, 1.165) is 44.2 Å². The van der Waals surface area contributed by atoms with Crippen LogP contribution in [0.4, 0.5) is 4.79 Å². The van der Waals surface area contributed by atoms with Gasteiger partial charge in [0.05, 0.1) is 19.8 Å². The molecular formula is C23H37N5O4. The average Bonchev–Trinajstić information content (AvgIpc) is 2.78. The third-order valence-electron chi connectivity index (χ3n) is 5.41. The van der Waals surface area contributed by atoms with Crippen molar-refractivity contribution in [2.45, 2.75) is 32.9 Å². The molecule has 2 aliphatic rings. The molecule has 2 saturated heterocycles. The summed E-state index contributed by atoms with van der Waals surface area (Å²) in [4.78, 5) is 22.9. The Bertz CT molecular complexity index is 766. The van der Waals surface area contributed by atoms with Gasteiger partial charge >= 0.3 is 6.09 Å². The van der Waals surface area contributed by atoms with Crippen molar-refractivity contribution in [1.82, 2.24) is 14.7 Å². The number of para-hydroxylation sites is 1. The lowest BCUT2D eigenvalue weighted by atomic mass is 10.2. The molecule has 3 rings (SSSR count). The number of carbonyl (C=O) groups is 1. The summed E-state index contributed by atoms with van der Waals surface area (Å²) in [5, 5.41) is 0. The minimum absolute atomic E-state index is 0.282. The van der Waals surface area contributed by atoms with Crippen molar-refractivity contribution in [1.29, 1.82) is 0 Å². The molecule has 2 aliphatic heterocycles. The van der Waals surface area contributed by atoms with Gasteiger partial charge in [-0.15, -0.1) is 0 Å². The topological polar surface area (TPSA) is 92.9 Å². The number of amides is 1. The lowest BCUT2D eigenvalue weighted by molar-refractivity contribution is 0.0186. The largest absolute Gasteiger partial charge is 0.492 e.